The van der Waals surface area contributed by atoms with Gasteiger partial charge in [0.15, 0.2) is 0 Å². The van der Waals surface area contributed by atoms with E-state index in [2.05, 4.69) is 10.1 Å². The molecular formula is C12H15N5S. The van der Waals surface area contributed by atoms with Gasteiger partial charge in [-0.25, -0.2) is 4.98 Å². The maximum atomic E-state index is 5.61. The molecule has 0 atom stereocenters. The van der Waals surface area contributed by atoms with Crippen molar-refractivity contribution < 1.29 is 0 Å². The number of pyridine rings is 1. The van der Waals surface area contributed by atoms with E-state index < -0.39 is 0 Å². The van der Waals surface area contributed by atoms with Crippen molar-refractivity contribution in [1.82, 2.24) is 14.8 Å². The summed E-state index contributed by atoms with van der Waals surface area (Å²) in [7, 11) is 3.87. The molecule has 94 valence electrons. The van der Waals surface area contributed by atoms with Gasteiger partial charge >= 0.3 is 0 Å². The Morgan fingerprint density at radius 3 is 2.94 bits per heavy atom. The molecule has 0 saturated carbocycles. The van der Waals surface area contributed by atoms with Crippen molar-refractivity contribution in [3.05, 3.63) is 41.9 Å². The number of anilines is 1. The zero-order valence-electron chi connectivity index (χ0n) is 10.4. The van der Waals surface area contributed by atoms with Gasteiger partial charge in [0.25, 0.3) is 0 Å². The first-order valence-electron chi connectivity index (χ1n) is 5.51. The summed E-state index contributed by atoms with van der Waals surface area (Å²) in [6, 6.07) is 3.70. The number of hydrogen-bond acceptors (Lipinski definition) is 4. The quantitative estimate of drug-likeness (QED) is 0.835. The van der Waals surface area contributed by atoms with Gasteiger partial charge in [-0.3, -0.25) is 4.68 Å². The summed E-state index contributed by atoms with van der Waals surface area (Å²) in [4.78, 5) is 6.72. The number of hydrogen-bond donors (Lipinski definition) is 1. The third-order valence-electron chi connectivity index (χ3n) is 2.60. The third-order valence-corrected chi connectivity index (χ3v) is 2.83. The van der Waals surface area contributed by atoms with Gasteiger partial charge in [0, 0.05) is 44.2 Å². The minimum atomic E-state index is 0.383. The van der Waals surface area contributed by atoms with E-state index in [9.17, 15) is 0 Å². The summed E-state index contributed by atoms with van der Waals surface area (Å²) in [5, 5.41) is 4.14. The van der Waals surface area contributed by atoms with Crippen LogP contribution in [0.4, 0.5) is 5.82 Å². The second-order valence-electron chi connectivity index (χ2n) is 4.15. The SMILES string of the molecule is CN(Cc1cnn(C)c1)c1cc(C(N)=S)ccn1. The van der Waals surface area contributed by atoms with Gasteiger partial charge in [0.2, 0.25) is 0 Å². The van der Waals surface area contributed by atoms with Gasteiger partial charge in [-0.2, -0.15) is 5.10 Å². The summed E-state index contributed by atoms with van der Waals surface area (Å²) in [5.74, 6) is 0.837. The molecule has 0 aromatic carbocycles. The highest BCUT2D eigenvalue weighted by Gasteiger charge is 2.06. The molecule has 0 spiro atoms. The van der Waals surface area contributed by atoms with Crippen LogP contribution in [0.2, 0.25) is 0 Å². The van der Waals surface area contributed by atoms with E-state index in [0.29, 0.717) is 4.99 Å². The van der Waals surface area contributed by atoms with Crippen molar-refractivity contribution in [2.45, 2.75) is 6.54 Å². The van der Waals surface area contributed by atoms with E-state index in [-0.39, 0.29) is 0 Å². The molecular weight excluding hydrogens is 246 g/mol. The number of nitrogens with zero attached hydrogens (tertiary/aromatic N) is 4. The second-order valence-corrected chi connectivity index (χ2v) is 4.59. The molecule has 6 heteroatoms. The fourth-order valence-electron chi connectivity index (χ4n) is 1.69. The molecule has 0 aliphatic heterocycles. The fourth-order valence-corrected chi connectivity index (χ4v) is 1.82. The molecule has 2 N–H and O–H groups in total. The number of aryl methyl sites for hydroxylation is 1. The van der Waals surface area contributed by atoms with Crippen molar-refractivity contribution >= 4 is 23.0 Å². The monoisotopic (exact) mass is 261 g/mol. The predicted octanol–water partition coefficient (Wildman–Crippen LogP) is 1.09. The van der Waals surface area contributed by atoms with Crippen molar-refractivity contribution in [2.75, 3.05) is 11.9 Å². The maximum absolute atomic E-state index is 5.61. The predicted molar refractivity (Wildman–Crippen MR) is 75.4 cm³/mol. The lowest BCUT2D eigenvalue weighted by Gasteiger charge is -2.17. The standard InChI is InChI=1S/C12H15N5S/c1-16(7-9-6-15-17(2)8-9)11-5-10(12(13)18)3-4-14-11/h3-6,8H,7H2,1-2H3,(H2,13,18). The van der Waals surface area contributed by atoms with Gasteiger partial charge in [0.05, 0.1) is 6.20 Å². The van der Waals surface area contributed by atoms with Crippen LogP contribution in [0.1, 0.15) is 11.1 Å². The minimum absolute atomic E-state index is 0.383. The highest BCUT2D eigenvalue weighted by Crippen LogP contribution is 2.13. The van der Waals surface area contributed by atoms with E-state index >= 15 is 0 Å². The highest BCUT2D eigenvalue weighted by molar-refractivity contribution is 7.80. The van der Waals surface area contributed by atoms with E-state index in [4.69, 9.17) is 18.0 Å². The topological polar surface area (TPSA) is 60.0 Å². The van der Waals surface area contributed by atoms with Crippen LogP contribution in [-0.4, -0.2) is 26.8 Å². The third kappa shape index (κ3) is 2.84. The summed E-state index contributed by atoms with van der Waals surface area (Å²) < 4.78 is 1.78. The molecule has 2 aromatic rings. The smallest absolute Gasteiger partial charge is 0.129 e. The van der Waals surface area contributed by atoms with Crippen LogP contribution < -0.4 is 10.6 Å². The Labute approximate surface area is 111 Å². The van der Waals surface area contributed by atoms with E-state index in [0.717, 1.165) is 23.5 Å². The van der Waals surface area contributed by atoms with Crippen molar-refractivity contribution in [3.8, 4) is 0 Å². The van der Waals surface area contributed by atoms with Gasteiger partial charge in [0.1, 0.15) is 10.8 Å². The van der Waals surface area contributed by atoms with Crippen LogP contribution in [-0.2, 0) is 13.6 Å². The molecule has 2 rings (SSSR count). The van der Waals surface area contributed by atoms with Gasteiger partial charge in [-0.15, -0.1) is 0 Å². The first-order chi connectivity index (χ1) is 8.56. The molecule has 0 bridgehead atoms. The first kappa shape index (κ1) is 12.5. The molecule has 5 nitrogen and oxygen atoms in total. The van der Waals surface area contributed by atoms with E-state index in [1.807, 2.05) is 43.5 Å². The molecule has 0 unspecified atom stereocenters. The Hall–Kier alpha value is -1.95. The van der Waals surface area contributed by atoms with Crippen LogP contribution in [0.5, 0.6) is 0 Å². The number of aromatic nitrogens is 3. The van der Waals surface area contributed by atoms with E-state index in [1.54, 1.807) is 10.9 Å². The number of thiocarbonyl (C=S) groups is 1. The van der Waals surface area contributed by atoms with Gasteiger partial charge < -0.3 is 10.6 Å². The zero-order valence-corrected chi connectivity index (χ0v) is 11.2. The fraction of sp³-hybridized carbons (Fsp3) is 0.250. The summed E-state index contributed by atoms with van der Waals surface area (Å²) in [6.45, 7) is 0.738. The van der Waals surface area contributed by atoms with Crippen LogP contribution >= 0.6 is 12.2 Å². The van der Waals surface area contributed by atoms with Crippen LogP contribution in [0.25, 0.3) is 0 Å². The van der Waals surface area contributed by atoms with Crippen molar-refractivity contribution in [2.24, 2.45) is 12.8 Å². The van der Waals surface area contributed by atoms with Crippen LogP contribution in [0.3, 0.4) is 0 Å². The van der Waals surface area contributed by atoms with Crippen LogP contribution in [0, 0.1) is 0 Å². The van der Waals surface area contributed by atoms with Gasteiger partial charge in [-0.1, -0.05) is 12.2 Å². The van der Waals surface area contributed by atoms with Crippen molar-refractivity contribution in [3.63, 3.8) is 0 Å². The molecule has 2 aromatic heterocycles. The summed E-state index contributed by atoms with van der Waals surface area (Å²) >= 11 is 4.96. The Morgan fingerprint density at radius 2 is 2.33 bits per heavy atom. The maximum Gasteiger partial charge on any atom is 0.129 e. The van der Waals surface area contributed by atoms with Crippen LogP contribution in [0.15, 0.2) is 30.7 Å². The first-order valence-corrected chi connectivity index (χ1v) is 5.91. The van der Waals surface area contributed by atoms with Crippen molar-refractivity contribution in [1.29, 1.82) is 0 Å². The highest BCUT2D eigenvalue weighted by atomic mass is 32.1. The Balaban J connectivity index is 2.15. The van der Waals surface area contributed by atoms with Gasteiger partial charge in [-0.05, 0) is 12.1 Å². The average Bonchev–Trinajstić information content (AvgIpc) is 2.75. The zero-order chi connectivity index (χ0) is 13.1. The summed E-state index contributed by atoms with van der Waals surface area (Å²) in [5.41, 5.74) is 7.56. The lowest BCUT2D eigenvalue weighted by atomic mass is 10.2. The molecule has 0 fully saturated rings. The molecule has 0 amide bonds. The second kappa shape index (κ2) is 5.14. The summed E-state index contributed by atoms with van der Waals surface area (Å²) in [6.07, 6.45) is 5.53. The molecule has 0 saturated heterocycles. The molecule has 18 heavy (non-hydrogen) atoms. The number of nitrogens with two attached hydrogens (primary N) is 1. The Kier molecular flexibility index (Phi) is 3.57. The molecule has 2 heterocycles. The minimum Gasteiger partial charge on any atom is -0.389 e. The molecule has 0 aliphatic rings. The Morgan fingerprint density at radius 1 is 1.56 bits per heavy atom. The molecule has 0 aliphatic carbocycles. The Bertz CT molecular complexity index is 563. The lowest BCUT2D eigenvalue weighted by Crippen LogP contribution is -2.18. The number of rotatable bonds is 4. The lowest BCUT2D eigenvalue weighted by molar-refractivity contribution is 0.766. The average molecular weight is 261 g/mol. The largest absolute Gasteiger partial charge is 0.389 e. The molecule has 0 radical (unpaired) electrons. The normalized spacial score (nSPS) is 10.3. The van der Waals surface area contributed by atoms with E-state index in [1.165, 1.54) is 0 Å².